The molecular weight excluding hydrogens is 470 g/mol. The molecule has 0 saturated heterocycles. The molecule has 1 unspecified atom stereocenters. The highest BCUT2D eigenvalue weighted by Crippen LogP contribution is 2.39. The Morgan fingerprint density at radius 2 is 1.91 bits per heavy atom. The molecule has 0 saturated carbocycles. The lowest BCUT2D eigenvalue weighted by Crippen LogP contribution is -2.38. The second-order valence-corrected chi connectivity index (χ2v) is 8.85. The van der Waals surface area contributed by atoms with Crippen molar-refractivity contribution >= 4 is 28.2 Å². The predicted octanol–water partition coefficient (Wildman–Crippen LogP) is 6.23. The van der Waals surface area contributed by atoms with Crippen LogP contribution >= 0.6 is 11.6 Å². The fraction of sp³-hybridized carbons (Fsp3) is 0.148. The summed E-state index contributed by atoms with van der Waals surface area (Å²) in [6.07, 6.45) is 1.91. The summed E-state index contributed by atoms with van der Waals surface area (Å²) in [5, 5.41) is 20.1. The molecule has 5 rings (SSSR count). The van der Waals surface area contributed by atoms with E-state index >= 15 is 0 Å². The summed E-state index contributed by atoms with van der Waals surface area (Å²) in [5.41, 5.74) is 3.34. The average Bonchev–Trinajstić information content (AvgIpc) is 3.29. The molecule has 0 aliphatic heterocycles. The summed E-state index contributed by atoms with van der Waals surface area (Å²) < 4.78 is 30.0. The van der Waals surface area contributed by atoms with Gasteiger partial charge in [0.05, 0.1) is 38.8 Å². The standard InChI is InChI=1S/C27H20ClF2N4O/c28-20-8-9-21(29)25(26(20)30)18-7-11-24(34(35)15-18)19(12-16-4-2-1-3-5-16)27-32-22-10-6-17(14-31)13-23(22)33-27/h1-7,10-11,13,15,19,35H,8-9,12H2,(H,32,33)/q+1. The van der Waals surface area contributed by atoms with Crippen LogP contribution in [-0.4, -0.2) is 15.2 Å². The van der Waals surface area contributed by atoms with E-state index in [1.54, 1.807) is 30.3 Å². The summed E-state index contributed by atoms with van der Waals surface area (Å²) in [6.45, 7) is 0. The zero-order valence-electron chi connectivity index (χ0n) is 18.5. The minimum atomic E-state index is -0.811. The van der Waals surface area contributed by atoms with E-state index in [1.165, 1.54) is 6.20 Å². The highest BCUT2D eigenvalue weighted by atomic mass is 35.5. The van der Waals surface area contributed by atoms with Gasteiger partial charge in [-0.15, -0.1) is 0 Å². The number of nitrogens with one attached hydrogen (secondary N) is 1. The van der Waals surface area contributed by atoms with Crippen molar-refractivity contribution in [2.45, 2.75) is 25.2 Å². The minimum absolute atomic E-state index is 0.00900. The number of allylic oxidation sites excluding steroid dienone is 4. The molecule has 2 aromatic carbocycles. The van der Waals surface area contributed by atoms with Crippen LogP contribution in [0.15, 0.2) is 83.5 Å². The third-order valence-electron chi connectivity index (χ3n) is 6.14. The third-order valence-corrected chi connectivity index (χ3v) is 6.50. The molecule has 0 spiro atoms. The quantitative estimate of drug-likeness (QED) is 0.258. The van der Waals surface area contributed by atoms with Crippen LogP contribution in [0.2, 0.25) is 0 Å². The number of hydrogen-bond acceptors (Lipinski definition) is 3. The number of H-pyrrole nitrogens is 1. The van der Waals surface area contributed by atoms with Crippen molar-refractivity contribution < 1.29 is 18.7 Å². The van der Waals surface area contributed by atoms with E-state index in [0.29, 0.717) is 34.5 Å². The van der Waals surface area contributed by atoms with Crippen LogP contribution in [0.4, 0.5) is 8.78 Å². The van der Waals surface area contributed by atoms with Gasteiger partial charge in [0.1, 0.15) is 23.4 Å². The van der Waals surface area contributed by atoms with E-state index in [-0.39, 0.29) is 29.0 Å². The van der Waals surface area contributed by atoms with E-state index in [9.17, 15) is 19.2 Å². The van der Waals surface area contributed by atoms with Crippen molar-refractivity contribution in [2.75, 3.05) is 0 Å². The second-order valence-electron chi connectivity index (χ2n) is 8.39. The molecule has 5 nitrogen and oxygen atoms in total. The van der Waals surface area contributed by atoms with Crippen molar-refractivity contribution in [3.8, 4) is 6.07 Å². The number of nitriles is 1. The zero-order valence-corrected chi connectivity index (χ0v) is 19.2. The number of fused-ring (bicyclic) bond motifs is 1. The highest BCUT2D eigenvalue weighted by Gasteiger charge is 2.31. The van der Waals surface area contributed by atoms with Crippen LogP contribution < -0.4 is 4.73 Å². The first-order chi connectivity index (χ1) is 16.9. The van der Waals surface area contributed by atoms with Crippen LogP contribution in [0, 0.1) is 11.3 Å². The maximum atomic E-state index is 14.6. The molecule has 1 aliphatic carbocycles. The summed E-state index contributed by atoms with van der Waals surface area (Å²) in [4.78, 5) is 7.98. The van der Waals surface area contributed by atoms with Gasteiger partial charge in [0.2, 0.25) is 11.9 Å². The normalized spacial score (nSPS) is 14.9. The van der Waals surface area contributed by atoms with Crippen molar-refractivity contribution in [3.05, 3.63) is 112 Å². The number of aromatic amines is 1. The number of imidazole rings is 1. The Morgan fingerprint density at radius 3 is 2.66 bits per heavy atom. The minimum Gasteiger partial charge on any atom is -0.341 e. The molecule has 174 valence electrons. The predicted molar refractivity (Wildman–Crippen MR) is 128 cm³/mol. The molecule has 0 amide bonds. The molecule has 1 aliphatic rings. The van der Waals surface area contributed by atoms with Crippen molar-refractivity contribution in [1.29, 1.82) is 5.26 Å². The van der Waals surface area contributed by atoms with Gasteiger partial charge in [-0.25, -0.2) is 13.8 Å². The van der Waals surface area contributed by atoms with Gasteiger partial charge in [-0.3, -0.25) is 5.21 Å². The van der Waals surface area contributed by atoms with Crippen LogP contribution in [0.5, 0.6) is 0 Å². The second kappa shape index (κ2) is 9.32. The summed E-state index contributed by atoms with van der Waals surface area (Å²) >= 11 is 5.93. The lowest BCUT2D eigenvalue weighted by molar-refractivity contribution is -0.910. The molecular formula is C27H20ClF2N4O+. The Morgan fingerprint density at radius 1 is 1.11 bits per heavy atom. The maximum absolute atomic E-state index is 14.6. The third kappa shape index (κ3) is 4.41. The molecule has 35 heavy (non-hydrogen) atoms. The van der Waals surface area contributed by atoms with Gasteiger partial charge in [0, 0.05) is 17.2 Å². The van der Waals surface area contributed by atoms with Crippen LogP contribution in [-0.2, 0) is 6.42 Å². The highest BCUT2D eigenvalue weighted by molar-refractivity contribution is 6.30. The van der Waals surface area contributed by atoms with Gasteiger partial charge in [-0.2, -0.15) is 5.26 Å². The molecule has 0 radical (unpaired) electrons. The number of pyridine rings is 1. The smallest absolute Gasteiger partial charge is 0.245 e. The number of nitrogens with zero attached hydrogens (tertiary/aromatic N) is 3. The molecule has 0 bridgehead atoms. The first-order valence-electron chi connectivity index (χ1n) is 11.1. The van der Waals surface area contributed by atoms with Crippen LogP contribution in [0.3, 0.4) is 0 Å². The molecule has 8 heteroatoms. The molecule has 2 N–H and O–H groups in total. The van der Waals surface area contributed by atoms with Crippen molar-refractivity contribution in [3.63, 3.8) is 0 Å². The van der Waals surface area contributed by atoms with Crippen molar-refractivity contribution in [2.24, 2.45) is 0 Å². The first-order valence-corrected chi connectivity index (χ1v) is 11.4. The number of hydrogen-bond donors (Lipinski definition) is 2. The maximum Gasteiger partial charge on any atom is 0.245 e. The van der Waals surface area contributed by atoms with E-state index < -0.39 is 17.6 Å². The van der Waals surface area contributed by atoms with Gasteiger partial charge in [-0.05, 0) is 42.7 Å². The van der Waals surface area contributed by atoms with E-state index in [1.807, 2.05) is 30.3 Å². The summed E-state index contributed by atoms with van der Waals surface area (Å²) in [5.74, 6) is -1.24. The zero-order chi connectivity index (χ0) is 24.5. The molecule has 1 atom stereocenters. The molecule has 4 aromatic rings. The summed E-state index contributed by atoms with van der Waals surface area (Å²) in [6, 6.07) is 20.2. The Bertz CT molecular complexity index is 1540. The largest absolute Gasteiger partial charge is 0.341 e. The Hall–Kier alpha value is -4.02. The fourth-order valence-corrected chi connectivity index (χ4v) is 4.56. The lowest BCUT2D eigenvalue weighted by Gasteiger charge is -2.15. The van der Waals surface area contributed by atoms with Gasteiger partial charge >= 0.3 is 0 Å². The van der Waals surface area contributed by atoms with E-state index in [0.717, 1.165) is 10.3 Å². The van der Waals surface area contributed by atoms with Gasteiger partial charge in [-0.1, -0.05) is 41.9 Å². The SMILES string of the molecule is N#Cc1ccc2nc(C(Cc3ccccc3)c3ccc(C4=C(F)CCC(Cl)=C4F)c[n+]3O)[nH]c2c1. The fourth-order valence-electron chi connectivity index (χ4n) is 4.37. The van der Waals surface area contributed by atoms with Gasteiger partial charge in [0.15, 0.2) is 0 Å². The molecule has 0 fully saturated rings. The monoisotopic (exact) mass is 489 g/mol. The number of rotatable bonds is 5. The lowest BCUT2D eigenvalue weighted by atomic mass is 9.93. The Kier molecular flexibility index (Phi) is 6.06. The Balaban J connectivity index is 1.60. The first kappa shape index (κ1) is 22.8. The number of aromatic nitrogens is 3. The topological polar surface area (TPSA) is 76.6 Å². The van der Waals surface area contributed by atoms with Gasteiger partial charge in [0.25, 0.3) is 0 Å². The van der Waals surface area contributed by atoms with Gasteiger partial charge < -0.3 is 4.98 Å². The summed E-state index contributed by atoms with van der Waals surface area (Å²) in [7, 11) is 0. The van der Waals surface area contributed by atoms with Crippen LogP contribution in [0.25, 0.3) is 16.6 Å². The van der Waals surface area contributed by atoms with E-state index in [4.69, 9.17) is 16.6 Å². The molecule has 2 aromatic heterocycles. The molecule has 2 heterocycles. The Labute approximate surface area is 205 Å². The van der Waals surface area contributed by atoms with Crippen LogP contribution in [0.1, 0.15) is 47.0 Å². The number of benzene rings is 2. The van der Waals surface area contributed by atoms with E-state index in [2.05, 4.69) is 11.1 Å². The van der Waals surface area contributed by atoms with Crippen molar-refractivity contribution in [1.82, 2.24) is 9.97 Å². The number of halogens is 3. The average molecular weight is 490 g/mol.